The normalized spacial score (nSPS) is 14.0. The minimum Gasteiger partial charge on any atom is -0.493 e. The van der Waals surface area contributed by atoms with Crippen LogP contribution in [0.5, 0.6) is 11.5 Å². The second kappa shape index (κ2) is 8.74. The lowest BCUT2D eigenvalue weighted by Crippen LogP contribution is -2.17. The number of anilines is 2. The van der Waals surface area contributed by atoms with Crippen molar-refractivity contribution in [2.75, 3.05) is 12.0 Å². The third kappa shape index (κ3) is 4.25. The summed E-state index contributed by atoms with van der Waals surface area (Å²) in [6.07, 6.45) is 12.3. The molecule has 0 spiro atoms. The van der Waals surface area contributed by atoms with E-state index in [0.717, 1.165) is 41.3 Å². The molecule has 0 aliphatic heterocycles. The predicted molar refractivity (Wildman–Crippen MR) is 110 cm³/mol. The van der Waals surface area contributed by atoms with Crippen molar-refractivity contribution >= 4 is 11.4 Å². The summed E-state index contributed by atoms with van der Waals surface area (Å²) in [6.45, 7) is 0.701. The van der Waals surface area contributed by atoms with Crippen LogP contribution in [-0.2, 0) is 6.54 Å². The molecule has 0 bridgehead atoms. The average molecular weight is 375 g/mol. The number of methoxy groups -OCH3 is 1. The number of ether oxygens (including phenoxy) is 2. The monoisotopic (exact) mass is 375 g/mol. The number of aromatic nitrogens is 2. The first-order valence-corrected chi connectivity index (χ1v) is 9.74. The van der Waals surface area contributed by atoms with Crippen LogP contribution in [0.25, 0.3) is 0 Å². The van der Waals surface area contributed by atoms with Crippen LogP contribution >= 0.6 is 0 Å². The Morgan fingerprint density at radius 1 is 0.929 bits per heavy atom. The van der Waals surface area contributed by atoms with E-state index in [2.05, 4.69) is 33.1 Å². The zero-order chi connectivity index (χ0) is 19.2. The molecule has 4 rings (SSSR count). The van der Waals surface area contributed by atoms with Gasteiger partial charge in [0.25, 0.3) is 0 Å². The summed E-state index contributed by atoms with van der Waals surface area (Å²) in [4.78, 5) is 10.6. The molecule has 144 valence electrons. The van der Waals surface area contributed by atoms with Crippen molar-refractivity contribution in [1.29, 1.82) is 0 Å². The molecular formula is C23H25N3O2. The Labute approximate surface area is 166 Å². The van der Waals surface area contributed by atoms with Crippen LogP contribution < -0.4 is 14.4 Å². The number of nitrogens with zero attached hydrogens (tertiary/aromatic N) is 3. The summed E-state index contributed by atoms with van der Waals surface area (Å²) in [5, 5.41) is 0. The number of hydrogen-bond donors (Lipinski definition) is 0. The van der Waals surface area contributed by atoms with E-state index in [0.29, 0.717) is 6.54 Å². The third-order valence-corrected chi connectivity index (χ3v) is 5.09. The van der Waals surface area contributed by atoms with Gasteiger partial charge in [0, 0.05) is 48.8 Å². The van der Waals surface area contributed by atoms with Gasteiger partial charge in [-0.25, -0.2) is 0 Å². The zero-order valence-corrected chi connectivity index (χ0v) is 16.1. The molecule has 1 fully saturated rings. The summed E-state index contributed by atoms with van der Waals surface area (Å²) in [6, 6.07) is 14.2. The molecule has 1 saturated carbocycles. The van der Waals surface area contributed by atoms with Gasteiger partial charge in [-0.2, -0.15) is 0 Å². The molecule has 0 atom stereocenters. The zero-order valence-electron chi connectivity index (χ0n) is 16.1. The minimum atomic E-state index is 0.275. The first-order chi connectivity index (χ1) is 13.8. The van der Waals surface area contributed by atoms with E-state index >= 15 is 0 Å². The van der Waals surface area contributed by atoms with Gasteiger partial charge >= 0.3 is 0 Å². The number of benzene rings is 1. The Balaban J connectivity index is 1.68. The van der Waals surface area contributed by atoms with Gasteiger partial charge in [0.1, 0.15) is 0 Å². The predicted octanol–water partition coefficient (Wildman–Crippen LogP) is 5.14. The van der Waals surface area contributed by atoms with Crippen LogP contribution in [-0.4, -0.2) is 23.2 Å². The molecule has 0 radical (unpaired) electrons. The largest absolute Gasteiger partial charge is 0.493 e. The fourth-order valence-electron chi connectivity index (χ4n) is 3.64. The summed E-state index contributed by atoms with van der Waals surface area (Å²) < 4.78 is 11.8. The van der Waals surface area contributed by atoms with Crippen LogP contribution in [0.3, 0.4) is 0 Å². The molecule has 5 nitrogen and oxygen atoms in total. The highest BCUT2D eigenvalue weighted by atomic mass is 16.5. The molecule has 2 heterocycles. The van der Waals surface area contributed by atoms with Gasteiger partial charge in [0.15, 0.2) is 11.5 Å². The maximum absolute atomic E-state index is 6.30. The maximum Gasteiger partial charge on any atom is 0.163 e. The fourth-order valence-corrected chi connectivity index (χ4v) is 3.64. The van der Waals surface area contributed by atoms with Crippen LogP contribution in [0.2, 0.25) is 0 Å². The molecule has 1 aliphatic carbocycles. The van der Waals surface area contributed by atoms with Crippen molar-refractivity contribution in [3.8, 4) is 11.5 Å². The smallest absolute Gasteiger partial charge is 0.163 e. The van der Waals surface area contributed by atoms with Crippen molar-refractivity contribution in [3.05, 3.63) is 72.8 Å². The molecule has 28 heavy (non-hydrogen) atoms. The van der Waals surface area contributed by atoms with Crippen LogP contribution in [0.4, 0.5) is 11.4 Å². The van der Waals surface area contributed by atoms with Crippen LogP contribution in [0.1, 0.15) is 31.2 Å². The van der Waals surface area contributed by atoms with Gasteiger partial charge in [-0.1, -0.05) is 6.07 Å². The van der Waals surface area contributed by atoms with Crippen LogP contribution in [0, 0.1) is 0 Å². The molecule has 1 aliphatic rings. The Morgan fingerprint density at radius 3 is 2.46 bits per heavy atom. The van der Waals surface area contributed by atoms with Crippen molar-refractivity contribution in [1.82, 2.24) is 9.97 Å². The van der Waals surface area contributed by atoms with Crippen molar-refractivity contribution in [3.63, 3.8) is 0 Å². The Bertz CT molecular complexity index is 881. The third-order valence-electron chi connectivity index (χ3n) is 5.09. The van der Waals surface area contributed by atoms with Gasteiger partial charge in [-0.05, 0) is 61.6 Å². The first-order valence-electron chi connectivity index (χ1n) is 9.74. The molecule has 0 saturated heterocycles. The van der Waals surface area contributed by atoms with Gasteiger partial charge in [0.05, 0.1) is 13.2 Å². The van der Waals surface area contributed by atoms with Gasteiger partial charge in [-0.15, -0.1) is 0 Å². The van der Waals surface area contributed by atoms with Crippen LogP contribution in [0.15, 0.2) is 67.3 Å². The van der Waals surface area contributed by atoms with E-state index < -0.39 is 0 Å². The minimum absolute atomic E-state index is 0.275. The first kappa shape index (κ1) is 18.3. The standard InChI is InChI=1S/C23H25N3O2/c1-27-22-9-8-20(15-23(22)28-21-6-2-3-7-21)26(19-10-13-24-14-11-19)17-18-5-4-12-25-16-18/h4-5,8-16,21H,2-3,6-7,17H2,1H3. The Morgan fingerprint density at radius 2 is 1.75 bits per heavy atom. The van der Waals surface area contributed by atoms with E-state index in [1.807, 2.05) is 42.9 Å². The summed E-state index contributed by atoms with van der Waals surface area (Å²) in [5.41, 5.74) is 3.24. The average Bonchev–Trinajstić information content (AvgIpc) is 3.26. The van der Waals surface area contributed by atoms with Gasteiger partial charge in [-0.3, -0.25) is 9.97 Å². The quantitative estimate of drug-likeness (QED) is 0.572. The number of pyridine rings is 2. The summed E-state index contributed by atoms with van der Waals surface area (Å²) >= 11 is 0. The highest BCUT2D eigenvalue weighted by molar-refractivity contribution is 5.66. The van der Waals surface area contributed by atoms with Crippen molar-refractivity contribution in [2.45, 2.75) is 38.3 Å². The second-order valence-electron chi connectivity index (χ2n) is 7.01. The van der Waals surface area contributed by atoms with Gasteiger partial charge in [0.2, 0.25) is 0 Å². The second-order valence-corrected chi connectivity index (χ2v) is 7.01. The lowest BCUT2D eigenvalue weighted by atomic mass is 10.2. The lowest BCUT2D eigenvalue weighted by Gasteiger charge is -2.26. The topological polar surface area (TPSA) is 47.5 Å². The molecule has 1 aromatic carbocycles. The number of hydrogen-bond acceptors (Lipinski definition) is 5. The summed E-state index contributed by atoms with van der Waals surface area (Å²) in [7, 11) is 1.69. The Hall–Kier alpha value is -3.08. The lowest BCUT2D eigenvalue weighted by molar-refractivity contribution is 0.201. The highest BCUT2D eigenvalue weighted by Gasteiger charge is 2.20. The Kier molecular flexibility index (Phi) is 5.71. The SMILES string of the molecule is COc1ccc(N(Cc2cccnc2)c2ccncc2)cc1OC1CCCC1. The summed E-state index contributed by atoms with van der Waals surface area (Å²) in [5.74, 6) is 1.57. The molecule has 5 heteroatoms. The van der Waals surface area contributed by atoms with Gasteiger partial charge < -0.3 is 14.4 Å². The molecular weight excluding hydrogens is 350 g/mol. The van der Waals surface area contributed by atoms with E-state index in [4.69, 9.17) is 9.47 Å². The molecule has 2 aromatic heterocycles. The molecule has 0 amide bonds. The fraction of sp³-hybridized carbons (Fsp3) is 0.304. The highest BCUT2D eigenvalue weighted by Crippen LogP contribution is 2.37. The van der Waals surface area contributed by atoms with E-state index in [1.165, 1.54) is 12.8 Å². The molecule has 3 aromatic rings. The van der Waals surface area contributed by atoms with E-state index in [1.54, 1.807) is 13.3 Å². The van der Waals surface area contributed by atoms with E-state index in [9.17, 15) is 0 Å². The van der Waals surface area contributed by atoms with Crippen molar-refractivity contribution in [2.24, 2.45) is 0 Å². The van der Waals surface area contributed by atoms with Crippen molar-refractivity contribution < 1.29 is 9.47 Å². The van der Waals surface area contributed by atoms with E-state index in [-0.39, 0.29) is 6.10 Å². The molecule has 0 unspecified atom stereocenters. The number of rotatable bonds is 7. The molecule has 0 N–H and O–H groups in total. The maximum atomic E-state index is 6.30.